The number of hydrogen-bond donors (Lipinski definition) is 1. The Morgan fingerprint density at radius 3 is 1.97 bits per heavy atom. The van der Waals surface area contributed by atoms with Gasteiger partial charge >= 0.3 is 5.97 Å². The highest BCUT2D eigenvalue weighted by Crippen LogP contribution is 2.48. The first kappa shape index (κ1) is 27.0. The molecule has 198 valence electrons. The molecule has 1 N–H and O–H groups in total. The molecule has 4 aromatic carbocycles. The Morgan fingerprint density at radius 1 is 0.821 bits per heavy atom. The summed E-state index contributed by atoms with van der Waals surface area (Å²) in [6, 6.07) is 24.2. The number of phenolic OH excluding ortho intramolecular Hbond substituents is 1. The smallest absolute Gasteiger partial charge is 0.342 e. The fourth-order valence-electron chi connectivity index (χ4n) is 4.14. The van der Waals surface area contributed by atoms with Gasteiger partial charge in [0.1, 0.15) is 30.3 Å². The second kappa shape index (κ2) is 12.4. The van der Waals surface area contributed by atoms with Crippen LogP contribution >= 0.6 is 0 Å². The minimum Gasteiger partial charge on any atom is -0.504 e. The van der Waals surface area contributed by atoms with Crippen molar-refractivity contribution in [2.45, 2.75) is 13.2 Å². The number of aromatic hydroxyl groups is 1. The molecule has 0 bridgehead atoms. The maximum absolute atomic E-state index is 12.9. The van der Waals surface area contributed by atoms with E-state index in [1.165, 1.54) is 21.3 Å². The topological polar surface area (TPSA) is 83.5 Å². The molecule has 0 aliphatic rings. The molecule has 0 saturated heterocycles. The molecule has 0 unspecified atom stereocenters. The van der Waals surface area contributed by atoms with Crippen LogP contribution in [0.5, 0.6) is 28.7 Å². The first-order valence-corrected chi connectivity index (χ1v) is 12.0. The summed E-state index contributed by atoms with van der Waals surface area (Å²) in [7, 11) is 4.00. The van der Waals surface area contributed by atoms with Crippen LogP contribution in [0.2, 0.25) is 0 Å². The van der Waals surface area contributed by atoms with Crippen molar-refractivity contribution in [1.82, 2.24) is 0 Å². The van der Waals surface area contributed by atoms with Crippen molar-refractivity contribution in [2.75, 3.05) is 21.3 Å². The van der Waals surface area contributed by atoms with Gasteiger partial charge in [0.05, 0.1) is 21.3 Å². The Morgan fingerprint density at radius 2 is 1.44 bits per heavy atom. The van der Waals surface area contributed by atoms with E-state index in [1.54, 1.807) is 18.2 Å². The number of rotatable bonds is 10. The van der Waals surface area contributed by atoms with E-state index in [9.17, 15) is 9.90 Å². The molecular formula is C32H28O7. The van der Waals surface area contributed by atoms with Gasteiger partial charge in [0.2, 0.25) is 5.75 Å². The summed E-state index contributed by atoms with van der Waals surface area (Å²) in [6.07, 6.45) is 5.97. The van der Waals surface area contributed by atoms with Crippen LogP contribution in [0.4, 0.5) is 0 Å². The largest absolute Gasteiger partial charge is 0.504 e. The number of esters is 1. The number of ether oxygens (including phenoxy) is 5. The van der Waals surface area contributed by atoms with E-state index in [0.29, 0.717) is 29.2 Å². The predicted molar refractivity (Wildman–Crippen MR) is 147 cm³/mol. The van der Waals surface area contributed by atoms with Crippen molar-refractivity contribution < 1.29 is 33.6 Å². The molecule has 0 atom stereocenters. The van der Waals surface area contributed by atoms with Crippen LogP contribution in [-0.2, 0) is 18.0 Å². The molecule has 4 rings (SSSR count). The number of hydrogen-bond acceptors (Lipinski definition) is 7. The molecule has 7 heteroatoms. The monoisotopic (exact) mass is 524 g/mol. The van der Waals surface area contributed by atoms with Crippen molar-refractivity contribution in [3.8, 4) is 52.2 Å². The lowest BCUT2D eigenvalue weighted by Gasteiger charge is -2.20. The molecule has 0 fully saturated rings. The minimum atomic E-state index is -0.787. The van der Waals surface area contributed by atoms with Gasteiger partial charge in [-0.25, -0.2) is 4.79 Å². The highest BCUT2D eigenvalue weighted by Gasteiger charge is 2.29. The van der Waals surface area contributed by atoms with E-state index in [4.69, 9.17) is 30.1 Å². The lowest BCUT2D eigenvalue weighted by Crippen LogP contribution is -2.08. The van der Waals surface area contributed by atoms with E-state index in [1.807, 2.05) is 60.7 Å². The first-order valence-electron chi connectivity index (χ1n) is 12.0. The predicted octanol–water partition coefficient (Wildman–Crippen LogP) is 6.00. The van der Waals surface area contributed by atoms with Crippen LogP contribution in [0, 0.1) is 12.3 Å². The average molecular weight is 525 g/mol. The second-order valence-corrected chi connectivity index (χ2v) is 8.41. The molecule has 39 heavy (non-hydrogen) atoms. The zero-order valence-electron chi connectivity index (χ0n) is 21.9. The van der Waals surface area contributed by atoms with Gasteiger partial charge in [-0.2, -0.15) is 0 Å². The van der Waals surface area contributed by atoms with E-state index in [2.05, 4.69) is 5.92 Å². The number of carbonyl (C=O) groups excluding carboxylic acids is 1. The number of terminal acetylenes is 1. The Balaban J connectivity index is 1.90. The van der Waals surface area contributed by atoms with Gasteiger partial charge in [0.25, 0.3) is 0 Å². The zero-order valence-corrected chi connectivity index (χ0v) is 21.9. The second-order valence-electron chi connectivity index (χ2n) is 8.41. The van der Waals surface area contributed by atoms with Gasteiger partial charge < -0.3 is 28.8 Å². The Bertz CT molecular complexity index is 1490. The van der Waals surface area contributed by atoms with Gasteiger partial charge in [-0.1, -0.05) is 66.6 Å². The van der Waals surface area contributed by atoms with E-state index < -0.39 is 11.7 Å². The van der Waals surface area contributed by atoms with Crippen molar-refractivity contribution in [3.05, 3.63) is 101 Å². The fourth-order valence-corrected chi connectivity index (χ4v) is 4.14. The van der Waals surface area contributed by atoms with Gasteiger partial charge in [0.15, 0.2) is 11.5 Å². The van der Waals surface area contributed by atoms with Crippen molar-refractivity contribution in [2.24, 2.45) is 0 Å². The third-order valence-corrected chi connectivity index (χ3v) is 6.02. The molecule has 0 aliphatic heterocycles. The Hall–Kier alpha value is -5.09. The third kappa shape index (κ3) is 5.91. The molecule has 0 spiro atoms. The number of phenols is 1. The zero-order chi connectivity index (χ0) is 27.8. The maximum Gasteiger partial charge on any atom is 0.342 e. The molecule has 0 aliphatic carbocycles. The molecule has 0 radical (unpaired) electrons. The Kier molecular flexibility index (Phi) is 8.60. The summed E-state index contributed by atoms with van der Waals surface area (Å²) in [5.41, 5.74) is 2.77. The van der Waals surface area contributed by atoms with Crippen LogP contribution in [-0.4, -0.2) is 32.4 Å². The van der Waals surface area contributed by atoms with E-state index in [0.717, 1.165) is 11.1 Å². The van der Waals surface area contributed by atoms with E-state index >= 15 is 0 Å². The van der Waals surface area contributed by atoms with Crippen LogP contribution in [0.3, 0.4) is 0 Å². The third-order valence-electron chi connectivity index (χ3n) is 6.02. The van der Waals surface area contributed by atoms with Crippen molar-refractivity contribution in [3.63, 3.8) is 0 Å². The molecule has 7 nitrogen and oxygen atoms in total. The summed E-state index contributed by atoms with van der Waals surface area (Å²) in [5.74, 6) is 2.44. The molecule has 0 heterocycles. The van der Waals surface area contributed by atoms with Crippen LogP contribution in [0.1, 0.15) is 27.0 Å². The molecule has 0 amide bonds. The quantitative estimate of drug-likeness (QED) is 0.201. The van der Waals surface area contributed by atoms with Crippen LogP contribution in [0.15, 0.2) is 78.9 Å². The lowest BCUT2D eigenvalue weighted by molar-refractivity contribution is 0.0597. The van der Waals surface area contributed by atoms with Crippen molar-refractivity contribution >= 4 is 5.97 Å². The number of methoxy groups -OCH3 is 3. The van der Waals surface area contributed by atoms with Gasteiger partial charge in [-0.15, -0.1) is 6.42 Å². The van der Waals surface area contributed by atoms with Crippen molar-refractivity contribution in [1.29, 1.82) is 0 Å². The summed E-state index contributed by atoms with van der Waals surface area (Å²) in [4.78, 5) is 12.9. The summed E-state index contributed by atoms with van der Waals surface area (Å²) >= 11 is 0. The fraction of sp³-hybridized carbons (Fsp3) is 0.156. The van der Waals surface area contributed by atoms with Gasteiger partial charge in [0, 0.05) is 22.8 Å². The van der Waals surface area contributed by atoms with E-state index in [-0.39, 0.29) is 29.2 Å². The van der Waals surface area contributed by atoms with Gasteiger partial charge in [-0.3, -0.25) is 0 Å². The minimum absolute atomic E-state index is 0.0153. The molecular weight excluding hydrogens is 496 g/mol. The van der Waals surface area contributed by atoms with Gasteiger partial charge in [-0.05, 0) is 23.3 Å². The van der Waals surface area contributed by atoms with Crippen LogP contribution < -0.4 is 18.9 Å². The highest BCUT2D eigenvalue weighted by molar-refractivity contribution is 6.03. The number of benzene rings is 4. The SMILES string of the molecule is C#Cc1cc(OCc2ccccc2)cc(OCc2ccccc2)c1-c1cc(OC)c(OC)c(O)c1C(=O)OC. The highest BCUT2D eigenvalue weighted by atomic mass is 16.5. The molecule has 4 aromatic rings. The molecule has 0 aromatic heterocycles. The lowest BCUT2D eigenvalue weighted by atomic mass is 9.92. The Labute approximate surface area is 227 Å². The average Bonchev–Trinajstić information content (AvgIpc) is 2.98. The first-order chi connectivity index (χ1) is 19.0. The summed E-state index contributed by atoms with van der Waals surface area (Å²) in [6.45, 7) is 0.527. The summed E-state index contributed by atoms with van der Waals surface area (Å²) < 4.78 is 28.1. The molecule has 0 saturated carbocycles. The normalized spacial score (nSPS) is 10.3. The maximum atomic E-state index is 12.9. The summed E-state index contributed by atoms with van der Waals surface area (Å²) in [5, 5.41) is 11.0. The standard InChI is InChI=1S/C32H28O7/c1-5-23-16-24(38-19-21-12-8-6-9-13-21)17-26(39-20-22-14-10-7-11-15-22)28(23)25-18-27(35-2)31(36-3)30(33)29(25)32(34)37-4/h1,6-18,33H,19-20H2,2-4H3. The number of carbonyl (C=O) groups is 1. The van der Waals surface area contributed by atoms with Crippen LogP contribution in [0.25, 0.3) is 11.1 Å².